The van der Waals surface area contributed by atoms with E-state index in [4.69, 9.17) is 16.6 Å². The minimum atomic E-state index is 0.127. The summed E-state index contributed by atoms with van der Waals surface area (Å²) in [5.74, 6) is 2.46. The van der Waals surface area contributed by atoms with Crippen molar-refractivity contribution in [2.75, 3.05) is 19.0 Å². The molecule has 1 aliphatic rings. The van der Waals surface area contributed by atoms with Crippen LogP contribution in [0.1, 0.15) is 43.6 Å². The highest BCUT2D eigenvalue weighted by Crippen LogP contribution is 2.26. The Balaban J connectivity index is 1.80. The standard InChI is InChI=1S/C17H22ClN5O/c1-2-15-20-7-9-23(15)16-11-19-10-14(21-16)13-4-3-8-22(12-13)17(24)5-6-18/h7,9-11,13H,2-6,8,12H2,1H3. The van der Waals surface area contributed by atoms with Gasteiger partial charge in [0.1, 0.15) is 5.82 Å². The Hall–Kier alpha value is -1.95. The minimum Gasteiger partial charge on any atom is -0.342 e. The number of hydrogen-bond donors (Lipinski definition) is 0. The number of halogens is 1. The van der Waals surface area contributed by atoms with Gasteiger partial charge in [-0.25, -0.2) is 9.97 Å². The van der Waals surface area contributed by atoms with E-state index >= 15 is 0 Å². The number of aromatic nitrogens is 4. The highest BCUT2D eigenvalue weighted by molar-refractivity contribution is 6.18. The van der Waals surface area contributed by atoms with Crippen molar-refractivity contribution in [1.29, 1.82) is 0 Å². The molecule has 7 heteroatoms. The largest absolute Gasteiger partial charge is 0.342 e. The number of aryl methyl sites for hydroxylation is 1. The highest BCUT2D eigenvalue weighted by Gasteiger charge is 2.25. The van der Waals surface area contributed by atoms with Crippen LogP contribution in [0, 0.1) is 0 Å². The number of amides is 1. The van der Waals surface area contributed by atoms with Crippen molar-refractivity contribution in [2.24, 2.45) is 0 Å². The second-order valence-electron chi connectivity index (χ2n) is 5.99. The lowest BCUT2D eigenvalue weighted by molar-refractivity contribution is -0.132. The van der Waals surface area contributed by atoms with Crippen molar-refractivity contribution in [3.63, 3.8) is 0 Å². The molecule has 128 valence electrons. The Morgan fingerprint density at radius 3 is 3.08 bits per heavy atom. The maximum Gasteiger partial charge on any atom is 0.223 e. The summed E-state index contributed by atoms with van der Waals surface area (Å²) in [5, 5.41) is 0. The van der Waals surface area contributed by atoms with Gasteiger partial charge in [0.25, 0.3) is 0 Å². The van der Waals surface area contributed by atoms with Crippen LogP contribution in [0.4, 0.5) is 0 Å². The van der Waals surface area contributed by atoms with E-state index in [-0.39, 0.29) is 11.8 Å². The van der Waals surface area contributed by atoms with Crippen molar-refractivity contribution in [1.82, 2.24) is 24.4 Å². The normalized spacial score (nSPS) is 17.9. The smallest absolute Gasteiger partial charge is 0.223 e. The zero-order valence-electron chi connectivity index (χ0n) is 13.9. The van der Waals surface area contributed by atoms with Gasteiger partial charge in [0.05, 0.1) is 11.9 Å². The van der Waals surface area contributed by atoms with Gasteiger partial charge in [-0.1, -0.05) is 6.92 Å². The first-order valence-corrected chi connectivity index (χ1v) is 8.94. The summed E-state index contributed by atoms with van der Waals surface area (Å²) >= 11 is 5.70. The van der Waals surface area contributed by atoms with Gasteiger partial charge in [-0.2, -0.15) is 0 Å². The summed E-state index contributed by atoms with van der Waals surface area (Å²) in [7, 11) is 0. The van der Waals surface area contributed by atoms with Gasteiger partial charge in [-0.3, -0.25) is 14.3 Å². The summed E-state index contributed by atoms with van der Waals surface area (Å²) in [6, 6.07) is 0. The maximum atomic E-state index is 12.1. The monoisotopic (exact) mass is 347 g/mol. The van der Waals surface area contributed by atoms with E-state index in [1.54, 1.807) is 12.4 Å². The van der Waals surface area contributed by atoms with Crippen molar-refractivity contribution in [3.05, 3.63) is 36.3 Å². The predicted molar refractivity (Wildman–Crippen MR) is 92.4 cm³/mol. The van der Waals surface area contributed by atoms with E-state index in [2.05, 4.69) is 16.9 Å². The first kappa shape index (κ1) is 16.9. The van der Waals surface area contributed by atoms with Crippen LogP contribution < -0.4 is 0 Å². The third-order valence-corrected chi connectivity index (χ3v) is 4.61. The molecule has 0 N–H and O–H groups in total. The fraction of sp³-hybridized carbons (Fsp3) is 0.529. The van der Waals surface area contributed by atoms with E-state index in [1.165, 1.54) is 0 Å². The van der Waals surface area contributed by atoms with Gasteiger partial charge in [0.15, 0.2) is 5.82 Å². The first-order chi connectivity index (χ1) is 11.7. The molecule has 2 aromatic heterocycles. The Bertz CT molecular complexity index is 702. The molecule has 1 aliphatic heterocycles. The summed E-state index contributed by atoms with van der Waals surface area (Å²) in [5.41, 5.74) is 0.937. The summed E-state index contributed by atoms with van der Waals surface area (Å²) in [6.45, 7) is 3.57. The number of alkyl halides is 1. The number of piperidine rings is 1. The van der Waals surface area contributed by atoms with Crippen molar-refractivity contribution in [2.45, 2.75) is 38.5 Å². The van der Waals surface area contributed by atoms with E-state index in [1.807, 2.05) is 21.9 Å². The number of rotatable bonds is 5. The van der Waals surface area contributed by atoms with E-state index in [0.717, 1.165) is 43.1 Å². The molecule has 0 radical (unpaired) electrons. The topological polar surface area (TPSA) is 63.9 Å². The average molecular weight is 348 g/mol. The third kappa shape index (κ3) is 3.59. The number of carbonyl (C=O) groups is 1. The van der Waals surface area contributed by atoms with Crippen LogP contribution >= 0.6 is 11.6 Å². The van der Waals surface area contributed by atoms with Crippen LogP contribution in [0.25, 0.3) is 5.82 Å². The Kier molecular flexibility index (Phi) is 5.45. The van der Waals surface area contributed by atoms with Gasteiger partial charge in [0, 0.05) is 56.3 Å². The molecule has 2 aromatic rings. The van der Waals surface area contributed by atoms with Crippen molar-refractivity contribution >= 4 is 17.5 Å². The fourth-order valence-corrected chi connectivity index (χ4v) is 3.33. The number of nitrogens with zero attached hydrogens (tertiary/aromatic N) is 5. The second kappa shape index (κ2) is 7.75. The van der Waals surface area contributed by atoms with Crippen molar-refractivity contribution in [3.8, 4) is 5.82 Å². The average Bonchev–Trinajstić information content (AvgIpc) is 3.11. The molecule has 24 heavy (non-hydrogen) atoms. The lowest BCUT2D eigenvalue weighted by Crippen LogP contribution is -2.39. The molecule has 0 saturated carbocycles. The molecule has 3 rings (SSSR count). The molecule has 1 saturated heterocycles. The number of carbonyl (C=O) groups excluding carboxylic acids is 1. The maximum absolute atomic E-state index is 12.1. The second-order valence-corrected chi connectivity index (χ2v) is 6.37. The van der Waals surface area contributed by atoms with E-state index in [9.17, 15) is 4.79 Å². The third-order valence-electron chi connectivity index (χ3n) is 4.42. The molecule has 1 atom stereocenters. The molecule has 1 amide bonds. The molecule has 6 nitrogen and oxygen atoms in total. The van der Waals surface area contributed by atoms with Crippen LogP contribution in [-0.4, -0.2) is 49.3 Å². The van der Waals surface area contributed by atoms with E-state index in [0.29, 0.717) is 18.8 Å². The van der Waals surface area contributed by atoms with Crippen LogP contribution in [-0.2, 0) is 11.2 Å². The zero-order chi connectivity index (χ0) is 16.9. The molecular formula is C17H22ClN5O. The molecule has 1 unspecified atom stereocenters. The van der Waals surface area contributed by atoms with Gasteiger partial charge in [0.2, 0.25) is 5.91 Å². The Morgan fingerprint density at radius 2 is 2.29 bits per heavy atom. The molecule has 1 fully saturated rings. The van der Waals surface area contributed by atoms with Gasteiger partial charge < -0.3 is 4.90 Å². The SMILES string of the molecule is CCc1nccn1-c1cncc(C2CCCN(C(=O)CCCl)C2)n1. The predicted octanol–water partition coefficient (Wildman–Crippen LogP) is 2.56. The van der Waals surface area contributed by atoms with Gasteiger partial charge >= 0.3 is 0 Å². The van der Waals surface area contributed by atoms with E-state index < -0.39 is 0 Å². The van der Waals surface area contributed by atoms with Crippen molar-refractivity contribution < 1.29 is 4.79 Å². The van der Waals surface area contributed by atoms with Gasteiger partial charge in [-0.15, -0.1) is 11.6 Å². The van der Waals surface area contributed by atoms with Crippen LogP contribution in [0.5, 0.6) is 0 Å². The fourth-order valence-electron chi connectivity index (χ4n) is 3.17. The summed E-state index contributed by atoms with van der Waals surface area (Å²) in [4.78, 5) is 27.5. The minimum absolute atomic E-state index is 0.127. The van der Waals surface area contributed by atoms with Gasteiger partial charge in [-0.05, 0) is 12.8 Å². The molecule has 0 spiro atoms. The number of imidazole rings is 1. The lowest BCUT2D eigenvalue weighted by atomic mass is 9.95. The first-order valence-electron chi connectivity index (χ1n) is 8.41. The molecule has 3 heterocycles. The Labute approximate surface area is 146 Å². The quantitative estimate of drug-likeness (QED) is 0.780. The molecule has 0 aliphatic carbocycles. The Morgan fingerprint density at radius 1 is 1.42 bits per heavy atom. The van der Waals surface area contributed by atoms with Crippen LogP contribution in [0.2, 0.25) is 0 Å². The summed E-state index contributed by atoms with van der Waals surface area (Å²) in [6.07, 6.45) is 10.5. The molecular weight excluding hydrogens is 326 g/mol. The van der Waals surface area contributed by atoms with Crippen LogP contribution in [0.3, 0.4) is 0 Å². The molecule has 0 bridgehead atoms. The summed E-state index contributed by atoms with van der Waals surface area (Å²) < 4.78 is 1.97. The highest BCUT2D eigenvalue weighted by atomic mass is 35.5. The molecule has 0 aromatic carbocycles. The van der Waals surface area contributed by atoms with Crippen LogP contribution in [0.15, 0.2) is 24.8 Å². The lowest BCUT2D eigenvalue weighted by Gasteiger charge is -2.32. The number of likely N-dealkylation sites (tertiary alicyclic amines) is 1. The number of hydrogen-bond acceptors (Lipinski definition) is 4. The zero-order valence-corrected chi connectivity index (χ0v) is 14.6.